The second-order valence-corrected chi connectivity index (χ2v) is 8.25. The maximum absolute atomic E-state index is 12.8. The average molecular weight is 410 g/mol. The lowest BCUT2D eigenvalue weighted by Gasteiger charge is -2.15. The summed E-state index contributed by atoms with van der Waals surface area (Å²) in [4.78, 5) is 26.6. The number of nitrogens with one attached hydrogen (secondary N) is 1. The van der Waals surface area contributed by atoms with Gasteiger partial charge in [-0.05, 0) is 51.5 Å². The van der Waals surface area contributed by atoms with Crippen LogP contribution in [0.3, 0.4) is 0 Å². The van der Waals surface area contributed by atoms with Crippen LogP contribution in [-0.4, -0.2) is 28.3 Å². The number of halogens is 1. The molecule has 2 aromatic heterocycles. The zero-order chi connectivity index (χ0) is 19.6. The monoisotopic (exact) mass is 409 g/mol. The number of aryl methyl sites for hydroxylation is 1. The Morgan fingerprint density at radius 1 is 1.41 bits per heavy atom. The van der Waals surface area contributed by atoms with Gasteiger partial charge in [0.1, 0.15) is 11.0 Å². The molecule has 3 rings (SSSR count). The highest BCUT2D eigenvalue weighted by Gasteiger charge is 2.29. The van der Waals surface area contributed by atoms with Crippen molar-refractivity contribution in [3.05, 3.63) is 32.9 Å². The Labute approximate surface area is 167 Å². The summed E-state index contributed by atoms with van der Waals surface area (Å²) in [6, 6.07) is -0.545. The highest BCUT2D eigenvalue weighted by molar-refractivity contribution is 7.17. The number of aromatic nitrogens is 2. The first-order valence-corrected chi connectivity index (χ1v) is 10.5. The number of hydrogen-bond donors (Lipinski definition) is 1. The molecule has 0 saturated carbocycles. The molecule has 2 heterocycles. The maximum Gasteiger partial charge on any atom is 0.341 e. The van der Waals surface area contributed by atoms with Crippen molar-refractivity contribution in [1.29, 1.82) is 0 Å². The molecule has 0 aliphatic heterocycles. The normalized spacial score (nSPS) is 14.5. The average Bonchev–Trinajstić information content (AvgIpc) is 3.19. The van der Waals surface area contributed by atoms with Gasteiger partial charge in [-0.15, -0.1) is 11.3 Å². The van der Waals surface area contributed by atoms with Crippen molar-refractivity contribution in [3.8, 4) is 0 Å². The highest BCUT2D eigenvalue weighted by Crippen LogP contribution is 2.39. The predicted octanol–water partition coefficient (Wildman–Crippen LogP) is 4.55. The van der Waals surface area contributed by atoms with Gasteiger partial charge >= 0.3 is 5.97 Å². The summed E-state index contributed by atoms with van der Waals surface area (Å²) in [5, 5.41) is 8.21. The van der Waals surface area contributed by atoms with Gasteiger partial charge in [-0.3, -0.25) is 9.48 Å². The number of thiophene rings is 1. The quantitative estimate of drug-likeness (QED) is 0.710. The summed E-state index contributed by atoms with van der Waals surface area (Å²) in [5.41, 5.74) is 2.29. The number of nitrogens with zero attached hydrogens (tertiary/aromatic N) is 2. The Bertz CT molecular complexity index is 859. The first kappa shape index (κ1) is 19.9. The van der Waals surface area contributed by atoms with Crippen LogP contribution in [0.2, 0.25) is 5.02 Å². The van der Waals surface area contributed by atoms with Crippen LogP contribution in [0.4, 0.5) is 5.00 Å². The van der Waals surface area contributed by atoms with Crippen LogP contribution in [0.25, 0.3) is 0 Å². The number of rotatable bonds is 6. The van der Waals surface area contributed by atoms with Gasteiger partial charge in [0.15, 0.2) is 0 Å². The molecule has 0 fully saturated rings. The van der Waals surface area contributed by atoms with E-state index < -0.39 is 6.04 Å². The number of carbonyl (C=O) groups is 2. The summed E-state index contributed by atoms with van der Waals surface area (Å²) in [5.74, 6) is -0.585. The number of esters is 1. The fraction of sp³-hybridized carbons (Fsp3) is 0.526. The highest BCUT2D eigenvalue weighted by atomic mass is 35.5. The van der Waals surface area contributed by atoms with Gasteiger partial charge in [-0.1, -0.05) is 18.5 Å². The summed E-state index contributed by atoms with van der Waals surface area (Å²) >= 11 is 7.53. The molecule has 0 spiro atoms. The second-order valence-electron chi connectivity index (χ2n) is 6.74. The standard InChI is InChI=1S/C19H24ClN3O3S/c1-4-9-26-19(25)16-13-7-5-6-8-15(13)27-18(16)22-17(24)12(3)23-11(2)14(20)10-21-23/h10,12H,4-9H2,1-3H3,(H,22,24). The molecule has 8 heteroatoms. The van der Waals surface area contributed by atoms with E-state index in [9.17, 15) is 9.59 Å². The first-order valence-electron chi connectivity index (χ1n) is 9.26. The molecular formula is C19H24ClN3O3S. The fourth-order valence-electron chi connectivity index (χ4n) is 3.26. The van der Waals surface area contributed by atoms with E-state index in [0.717, 1.165) is 43.4 Å². The van der Waals surface area contributed by atoms with Crippen molar-refractivity contribution in [1.82, 2.24) is 9.78 Å². The van der Waals surface area contributed by atoms with Gasteiger partial charge in [0.25, 0.3) is 0 Å². The number of amides is 1. The molecule has 0 bridgehead atoms. The number of anilines is 1. The molecule has 1 aliphatic rings. The minimum atomic E-state index is -0.545. The molecule has 1 atom stereocenters. The van der Waals surface area contributed by atoms with Gasteiger partial charge in [0.05, 0.1) is 29.1 Å². The SMILES string of the molecule is CCCOC(=O)c1c(NC(=O)C(C)n2ncc(Cl)c2C)sc2c1CCCC2. The fourth-order valence-corrected chi connectivity index (χ4v) is 4.67. The molecule has 0 radical (unpaired) electrons. The third-order valence-electron chi connectivity index (χ3n) is 4.78. The smallest absolute Gasteiger partial charge is 0.341 e. The summed E-state index contributed by atoms with van der Waals surface area (Å²) in [7, 11) is 0. The number of carbonyl (C=O) groups excluding carboxylic acids is 2. The van der Waals surface area contributed by atoms with Crippen molar-refractivity contribution in [2.45, 2.75) is 58.9 Å². The Morgan fingerprint density at radius 2 is 2.15 bits per heavy atom. The molecule has 1 amide bonds. The summed E-state index contributed by atoms with van der Waals surface area (Å²) < 4.78 is 6.96. The molecule has 1 N–H and O–H groups in total. The van der Waals surface area contributed by atoms with E-state index in [4.69, 9.17) is 16.3 Å². The van der Waals surface area contributed by atoms with Gasteiger partial charge in [0, 0.05) is 4.88 Å². The molecule has 6 nitrogen and oxygen atoms in total. The number of hydrogen-bond acceptors (Lipinski definition) is 5. The molecular weight excluding hydrogens is 386 g/mol. The molecule has 2 aromatic rings. The minimum absolute atomic E-state index is 0.235. The van der Waals surface area contributed by atoms with Crippen molar-refractivity contribution in [2.24, 2.45) is 0 Å². The predicted molar refractivity (Wildman–Crippen MR) is 107 cm³/mol. The van der Waals surface area contributed by atoms with Crippen molar-refractivity contribution in [3.63, 3.8) is 0 Å². The topological polar surface area (TPSA) is 73.2 Å². The molecule has 1 aliphatic carbocycles. The van der Waals surface area contributed by atoms with Crippen molar-refractivity contribution >= 4 is 39.8 Å². The molecule has 27 heavy (non-hydrogen) atoms. The van der Waals surface area contributed by atoms with Crippen LogP contribution < -0.4 is 5.32 Å². The lowest BCUT2D eigenvalue weighted by molar-refractivity contribution is -0.119. The Kier molecular flexibility index (Phi) is 6.22. The summed E-state index contributed by atoms with van der Waals surface area (Å²) in [6.45, 7) is 5.90. The minimum Gasteiger partial charge on any atom is -0.462 e. The van der Waals surface area contributed by atoms with E-state index in [1.54, 1.807) is 11.6 Å². The molecule has 146 valence electrons. The van der Waals surface area contributed by atoms with E-state index in [1.807, 2.05) is 13.8 Å². The summed E-state index contributed by atoms with van der Waals surface area (Å²) in [6.07, 6.45) is 6.22. The van der Waals surface area contributed by atoms with E-state index >= 15 is 0 Å². The number of ether oxygens (including phenoxy) is 1. The van der Waals surface area contributed by atoms with Crippen LogP contribution in [0.15, 0.2) is 6.20 Å². The second kappa shape index (κ2) is 8.44. The molecule has 1 unspecified atom stereocenters. The van der Waals surface area contributed by atoms with Crippen LogP contribution >= 0.6 is 22.9 Å². The van der Waals surface area contributed by atoms with Crippen LogP contribution in [0.1, 0.15) is 65.6 Å². The zero-order valence-electron chi connectivity index (χ0n) is 15.8. The van der Waals surface area contributed by atoms with Crippen LogP contribution in [0, 0.1) is 6.92 Å². The van der Waals surface area contributed by atoms with E-state index in [2.05, 4.69) is 10.4 Å². The van der Waals surface area contributed by atoms with Crippen molar-refractivity contribution in [2.75, 3.05) is 11.9 Å². The van der Waals surface area contributed by atoms with Crippen molar-refractivity contribution < 1.29 is 14.3 Å². The van der Waals surface area contributed by atoms with Gasteiger partial charge in [-0.25, -0.2) is 4.79 Å². The Morgan fingerprint density at radius 3 is 2.81 bits per heavy atom. The number of fused-ring (bicyclic) bond motifs is 1. The van der Waals surface area contributed by atoms with Crippen LogP contribution in [-0.2, 0) is 22.4 Å². The van der Waals surface area contributed by atoms with Gasteiger partial charge in [-0.2, -0.15) is 5.10 Å². The van der Waals surface area contributed by atoms with Gasteiger partial charge < -0.3 is 10.1 Å². The van der Waals surface area contributed by atoms with E-state index in [1.165, 1.54) is 22.4 Å². The van der Waals surface area contributed by atoms with Gasteiger partial charge in [0.2, 0.25) is 5.91 Å². The van der Waals surface area contributed by atoms with E-state index in [-0.39, 0.29) is 11.9 Å². The first-order chi connectivity index (χ1) is 12.9. The Hall–Kier alpha value is -1.86. The zero-order valence-corrected chi connectivity index (χ0v) is 17.4. The third-order valence-corrected chi connectivity index (χ3v) is 6.36. The lowest BCUT2D eigenvalue weighted by atomic mass is 9.95. The largest absolute Gasteiger partial charge is 0.462 e. The Balaban J connectivity index is 1.87. The maximum atomic E-state index is 12.8. The van der Waals surface area contributed by atoms with Crippen LogP contribution in [0.5, 0.6) is 0 Å². The molecule has 0 saturated heterocycles. The third kappa shape index (κ3) is 4.04. The lowest BCUT2D eigenvalue weighted by Crippen LogP contribution is -2.25. The van der Waals surface area contributed by atoms with E-state index in [0.29, 0.717) is 22.2 Å². The molecule has 0 aromatic carbocycles.